The summed E-state index contributed by atoms with van der Waals surface area (Å²) in [4.78, 5) is 31.1. The molecule has 1 saturated heterocycles. The summed E-state index contributed by atoms with van der Waals surface area (Å²) in [7, 11) is 0. The predicted molar refractivity (Wildman–Crippen MR) is 92.9 cm³/mol. The normalized spacial score (nSPS) is 19.6. The van der Waals surface area contributed by atoms with E-state index in [1.807, 2.05) is 44.2 Å². The molecule has 1 aromatic heterocycles. The van der Waals surface area contributed by atoms with Crippen molar-refractivity contribution in [2.45, 2.75) is 32.5 Å². The topological polar surface area (TPSA) is 87.4 Å². The number of aromatic nitrogens is 2. The van der Waals surface area contributed by atoms with Crippen LogP contribution in [0.1, 0.15) is 30.0 Å². The number of carbonyl (C=O) groups excluding carboxylic acids is 1. The molecule has 0 saturated carbocycles. The Kier molecular flexibility index (Phi) is 4.67. The number of nitrogens with zero attached hydrogens (tertiary/aromatic N) is 1. The van der Waals surface area contributed by atoms with Crippen molar-refractivity contribution in [3.05, 3.63) is 52.2 Å². The van der Waals surface area contributed by atoms with Crippen LogP contribution in [-0.4, -0.2) is 52.2 Å². The van der Waals surface area contributed by atoms with Crippen LogP contribution in [0.25, 0.3) is 0 Å². The Morgan fingerprint density at radius 2 is 2.04 bits per heavy atom. The maximum atomic E-state index is 12.8. The Bertz CT molecular complexity index is 794. The van der Waals surface area contributed by atoms with Crippen molar-refractivity contribution in [2.75, 3.05) is 19.7 Å². The van der Waals surface area contributed by atoms with E-state index in [-0.39, 0.29) is 17.7 Å². The Morgan fingerprint density at radius 1 is 1.32 bits per heavy atom. The molecule has 0 spiro atoms. The molecule has 1 aliphatic rings. The number of H-pyrrole nitrogens is 2. The van der Waals surface area contributed by atoms with Crippen LogP contribution in [0.4, 0.5) is 0 Å². The molecule has 1 aliphatic heterocycles. The van der Waals surface area contributed by atoms with E-state index < -0.39 is 5.60 Å². The molecule has 0 aliphatic carbocycles. The Balaban J connectivity index is 1.71. The summed E-state index contributed by atoms with van der Waals surface area (Å²) in [6, 6.07) is 9.49. The smallest absolute Gasteiger partial charge is 0.323 e. The number of imidazole rings is 1. The summed E-state index contributed by atoms with van der Waals surface area (Å²) < 4.78 is 11.8. The lowest BCUT2D eigenvalue weighted by Gasteiger charge is -2.42. The van der Waals surface area contributed by atoms with Gasteiger partial charge in [-0.25, -0.2) is 4.79 Å². The molecule has 2 aromatic rings. The van der Waals surface area contributed by atoms with Gasteiger partial charge in [-0.2, -0.15) is 0 Å². The van der Waals surface area contributed by atoms with Crippen molar-refractivity contribution in [1.82, 2.24) is 14.9 Å². The molecule has 25 heavy (non-hydrogen) atoms. The largest absolute Gasteiger partial charge is 0.491 e. The van der Waals surface area contributed by atoms with Crippen molar-refractivity contribution in [2.24, 2.45) is 0 Å². The lowest BCUT2D eigenvalue weighted by molar-refractivity contribution is -0.136. The van der Waals surface area contributed by atoms with Gasteiger partial charge in [-0.3, -0.25) is 4.79 Å². The molecule has 1 aromatic carbocycles. The molecule has 1 fully saturated rings. The quantitative estimate of drug-likeness (QED) is 0.883. The number of aryl methyl sites for hydroxylation is 1. The second-order valence-corrected chi connectivity index (χ2v) is 6.89. The zero-order chi connectivity index (χ0) is 18.0. The van der Waals surface area contributed by atoms with Crippen molar-refractivity contribution in [3.63, 3.8) is 0 Å². The van der Waals surface area contributed by atoms with Gasteiger partial charge in [0.25, 0.3) is 5.91 Å². The lowest BCUT2D eigenvalue weighted by atomic mass is 10.0. The number of nitrogens with one attached hydrogen (secondary N) is 2. The van der Waals surface area contributed by atoms with Gasteiger partial charge in [-0.1, -0.05) is 18.2 Å². The zero-order valence-electron chi connectivity index (χ0n) is 14.7. The molecular weight excluding hydrogens is 322 g/mol. The molecule has 0 radical (unpaired) electrons. The van der Waals surface area contributed by atoms with Crippen LogP contribution >= 0.6 is 0 Å². The fourth-order valence-corrected chi connectivity index (χ4v) is 3.09. The molecule has 2 heterocycles. The van der Waals surface area contributed by atoms with E-state index in [0.717, 1.165) is 5.75 Å². The molecule has 134 valence electrons. The molecule has 1 amide bonds. The third-order valence-electron chi connectivity index (χ3n) is 4.08. The van der Waals surface area contributed by atoms with Crippen LogP contribution in [-0.2, 0) is 4.74 Å². The summed E-state index contributed by atoms with van der Waals surface area (Å²) >= 11 is 0. The molecule has 0 bridgehead atoms. The molecular formula is C18H23N3O4. The average Bonchev–Trinajstić information content (AvgIpc) is 2.90. The van der Waals surface area contributed by atoms with Crippen molar-refractivity contribution in [1.29, 1.82) is 0 Å². The number of amides is 1. The minimum absolute atomic E-state index is 0.211. The average molecular weight is 345 g/mol. The monoisotopic (exact) mass is 345 g/mol. The van der Waals surface area contributed by atoms with Gasteiger partial charge in [0.05, 0.1) is 12.1 Å². The number of aromatic amines is 2. The number of ether oxygens (including phenoxy) is 2. The van der Waals surface area contributed by atoms with Crippen molar-refractivity contribution >= 4 is 5.91 Å². The number of hydrogen-bond acceptors (Lipinski definition) is 4. The van der Waals surface area contributed by atoms with E-state index in [2.05, 4.69) is 9.97 Å². The molecule has 1 unspecified atom stereocenters. The highest BCUT2D eigenvalue weighted by Gasteiger charge is 2.37. The van der Waals surface area contributed by atoms with Gasteiger partial charge in [0.15, 0.2) is 0 Å². The number of benzene rings is 1. The highest BCUT2D eigenvalue weighted by Crippen LogP contribution is 2.23. The summed E-state index contributed by atoms with van der Waals surface area (Å²) in [6.07, 6.45) is -0.251. The van der Waals surface area contributed by atoms with Gasteiger partial charge in [0.1, 0.15) is 24.2 Å². The van der Waals surface area contributed by atoms with Crippen LogP contribution in [0.15, 0.2) is 35.1 Å². The van der Waals surface area contributed by atoms with Crippen LogP contribution < -0.4 is 10.4 Å². The van der Waals surface area contributed by atoms with Crippen LogP contribution in [0.3, 0.4) is 0 Å². The Labute approximate surface area is 146 Å². The number of para-hydroxylation sites is 1. The molecule has 7 heteroatoms. The second kappa shape index (κ2) is 6.76. The third-order valence-corrected chi connectivity index (χ3v) is 4.08. The summed E-state index contributed by atoms with van der Waals surface area (Å²) in [5, 5.41) is 0. The van der Waals surface area contributed by atoms with Crippen LogP contribution in [0, 0.1) is 6.92 Å². The maximum absolute atomic E-state index is 12.8. The number of morpholine rings is 1. The molecule has 7 nitrogen and oxygen atoms in total. The van der Waals surface area contributed by atoms with Crippen LogP contribution in [0.5, 0.6) is 5.75 Å². The van der Waals surface area contributed by atoms with E-state index in [1.165, 1.54) is 0 Å². The molecule has 3 rings (SSSR count). The highest BCUT2D eigenvalue weighted by molar-refractivity contribution is 5.93. The van der Waals surface area contributed by atoms with Gasteiger partial charge in [-0.05, 0) is 32.9 Å². The van der Waals surface area contributed by atoms with Crippen molar-refractivity contribution < 1.29 is 14.3 Å². The van der Waals surface area contributed by atoms with E-state index in [0.29, 0.717) is 31.1 Å². The first-order valence-corrected chi connectivity index (χ1v) is 8.28. The van der Waals surface area contributed by atoms with E-state index in [4.69, 9.17) is 9.47 Å². The van der Waals surface area contributed by atoms with Gasteiger partial charge >= 0.3 is 5.69 Å². The van der Waals surface area contributed by atoms with Gasteiger partial charge in [0, 0.05) is 12.2 Å². The molecule has 1 atom stereocenters. The third kappa shape index (κ3) is 4.11. The minimum atomic E-state index is -0.497. The summed E-state index contributed by atoms with van der Waals surface area (Å²) in [6.45, 7) is 6.78. The van der Waals surface area contributed by atoms with Gasteiger partial charge < -0.3 is 24.3 Å². The number of rotatable bonds is 4. The summed E-state index contributed by atoms with van der Waals surface area (Å²) in [5.74, 6) is 0.551. The minimum Gasteiger partial charge on any atom is -0.491 e. The molecule has 2 N–H and O–H groups in total. The van der Waals surface area contributed by atoms with Crippen LogP contribution in [0.2, 0.25) is 0 Å². The maximum Gasteiger partial charge on any atom is 0.323 e. The first kappa shape index (κ1) is 17.3. The SMILES string of the molecule is Cc1[nH]c(=O)[nH]c1C(=O)N1CC(COc2ccccc2)OC(C)(C)C1. The Hall–Kier alpha value is -2.54. The zero-order valence-corrected chi connectivity index (χ0v) is 14.7. The van der Waals surface area contributed by atoms with Crippen molar-refractivity contribution in [3.8, 4) is 5.75 Å². The fraction of sp³-hybridized carbons (Fsp3) is 0.444. The summed E-state index contributed by atoms with van der Waals surface area (Å²) in [5.41, 5.74) is -0.0394. The lowest BCUT2D eigenvalue weighted by Crippen LogP contribution is -2.56. The Morgan fingerprint density at radius 3 is 2.68 bits per heavy atom. The van der Waals surface area contributed by atoms with Gasteiger partial charge in [0.2, 0.25) is 0 Å². The fourth-order valence-electron chi connectivity index (χ4n) is 3.09. The second-order valence-electron chi connectivity index (χ2n) is 6.89. The standard InChI is InChI=1S/C18H23N3O4/c1-12-15(20-17(23)19-12)16(22)21-9-14(25-18(2,3)11-21)10-24-13-7-5-4-6-8-13/h4-8,14H,9-11H2,1-3H3,(H2,19,20,23). The number of carbonyl (C=O) groups is 1. The van der Waals surface area contributed by atoms with E-state index in [1.54, 1.807) is 11.8 Å². The highest BCUT2D eigenvalue weighted by atomic mass is 16.5. The van der Waals surface area contributed by atoms with E-state index in [9.17, 15) is 9.59 Å². The van der Waals surface area contributed by atoms with Gasteiger partial charge in [-0.15, -0.1) is 0 Å². The van der Waals surface area contributed by atoms with E-state index >= 15 is 0 Å². The number of hydrogen-bond donors (Lipinski definition) is 2. The predicted octanol–water partition coefficient (Wildman–Crippen LogP) is 1.71. The first-order valence-electron chi connectivity index (χ1n) is 8.28. The first-order chi connectivity index (χ1) is 11.8.